The van der Waals surface area contributed by atoms with Crippen LogP contribution in [-0.2, 0) is 4.79 Å². The molecular weight excluding hydrogens is 300 g/mol. The summed E-state index contributed by atoms with van der Waals surface area (Å²) in [6.45, 7) is 5.91. The highest BCUT2D eigenvalue weighted by atomic mass is 16.2. The summed E-state index contributed by atoms with van der Waals surface area (Å²) in [6.07, 6.45) is 1.87. The Labute approximate surface area is 142 Å². The topological polar surface area (TPSA) is 71.2 Å². The average molecular weight is 320 g/mol. The minimum absolute atomic E-state index is 0.204. The molecule has 0 aliphatic carbocycles. The average Bonchev–Trinajstić information content (AvgIpc) is 2.64. The van der Waals surface area contributed by atoms with Crippen LogP contribution in [0.1, 0.15) is 19.4 Å². The Bertz CT molecular complexity index is 743. The first-order chi connectivity index (χ1) is 11.6. The zero-order valence-electron chi connectivity index (χ0n) is 13.9. The van der Waals surface area contributed by atoms with Crippen LogP contribution in [0.5, 0.6) is 0 Å². The van der Waals surface area contributed by atoms with Gasteiger partial charge in [0.05, 0.1) is 5.69 Å². The van der Waals surface area contributed by atoms with Gasteiger partial charge < -0.3 is 4.90 Å². The maximum Gasteiger partial charge on any atom is 0.290 e. The molecule has 0 aromatic heterocycles. The van der Waals surface area contributed by atoms with E-state index in [2.05, 4.69) is 18.7 Å². The highest BCUT2D eigenvalue weighted by Crippen LogP contribution is 2.21. The Balaban J connectivity index is 2.24. The lowest BCUT2D eigenvalue weighted by atomic mass is 10.1. The number of anilines is 2. The van der Waals surface area contributed by atoms with E-state index in [1.54, 1.807) is 36.4 Å². The molecule has 0 bridgehead atoms. The third-order valence-corrected chi connectivity index (χ3v) is 3.82. The van der Waals surface area contributed by atoms with Crippen molar-refractivity contribution in [2.75, 3.05) is 22.9 Å². The van der Waals surface area contributed by atoms with Crippen molar-refractivity contribution < 1.29 is 4.79 Å². The molecule has 0 radical (unpaired) electrons. The summed E-state index contributed by atoms with van der Waals surface area (Å²) in [5.41, 5.74) is 1.78. The lowest BCUT2D eigenvalue weighted by Crippen LogP contribution is -2.33. The van der Waals surface area contributed by atoms with Crippen molar-refractivity contribution in [3.63, 3.8) is 0 Å². The molecule has 5 heteroatoms. The fraction of sp³-hybridized carbons (Fsp3) is 0.211. The summed E-state index contributed by atoms with van der Waals surface area (Å²) in [6, 6.07) is 15.9. The molecule has 2 aromatic rings. The molecule has 2 rings (SSSR count). The third kappa shape index (κ3) is 3.61. The van der Waals surface area contributed by atoms with Crippen LogP contribution in [-0.4, -0.2) is 24.7 Å². The molecule has 0 heterocycles. The summed E-state index contributed by atoms with van der Waals surface area (Å²) in [4.78, 5) is 15.6. The van der Waals surface area contributed by atoms with E-state index in [0.29, 0.717) is 11.3 Å². The number of hydrogen-bond acceptors (Lipinski definition) is 4. The quantitative estimate of drug-likeness (QED) is 0.503. The summed E-state index contributed by atoms with van der Waals surface area (Å²) < 4.78 is 0. The van der Waals surface area contributed by atoms with Gasteiger partial charge >= 0.3 is 0 Å². The number of hydrogen-bond donors (Lipinski definition) is 1. The van der Waals surface area contributed by atoms with Gasteiger partial charge in [0, 0.05) is 24.3 Å². The van der Waals surface area contributed by atoms with E-state index in [4.69, 9.17) is 5.41 Å². The molecule has 0 aliphatic heterocycles. The molecule has 0 unspecified atom stereocenters. The zero-order valence-corrected chi connectivity index (χ0v) is 13.9. The summed E-state index contributed by atoms with van der Waals surface area (Å²) in [5.74, 6) is -0.640. The van der Waals surface area contributed by atoms with Crippen LogP contribution in [0.2, 0.25) is 0 Å². The van der Waals surface area contributed by atoms with Crippen molar-refractivity contribution in [3.8, 4) is 6.19 Å². The molecule has 0 atom stereocenters. The van der Waals surface area contributed by atoms with Gasteiger partial charge in [-0.05, 0) is 38.1 Å². The van der Waals surface area contributed by atoms with E-state index in [9.17, 15) is 10.1 Å². The molecular formula is C19H20N4O. The summed E-state index contributed by atoms with van der Waals surface area (Å²) in [5, 5.41) is 17.4. The van der Waals surface area contributed by atoms with Crippen LogP contribution < -0.4 is 9.80 Å². The van der Waals surface area contributed by atoms with Gasteiger partial charge in [0.15, 0.2) is 6.19 Å². The number of rotatable bonds is 6. The minimum Gasteiger partial charge on any atom is -0.372 e. The van der Waals surface area contributed by atoms with E-state index in [1.165, 1.54) is 0 Å². The summed E-state index contributed by atoms with van der Waals surface area (Å²) in [7, 11) is 0. The van der Waals surface area contributed by atoms with Gasteiger partial charge in [0.1, 0.15) is 5.71 Å². The van der Waals surface area contributed by atoms with Gasteiger partial charge in [0.2, 0.25) is 0 Å². The number of amides is 1. The van der Waals surface area contributed by atoms with Crippen LogP contribution in [0.25, 0.3) is 0 Å². The number of nitriles is 1. The maximum absolute atomic E-state index is 12.5. The molecule has 0 saturated heterocycles. The first-order valence-corrected chi connectivity index (χ1v) is 7.85. The Hall–Kier alpha value is -3.13. The number of nitrogens with zero attached hydrogens (tertiary/aromatic N) is 3. The Kier molecular flexibility index (Phi) is 5.69. The molecule has 1 amide bonds. The van der Waals surface area contributed by atoms with E-state index in [-0.39, 0.29) is 5.71 Å². The molecule has 122 valence electrons. The molecule has 24 heavy (non-hydrogen) atoms. The molecule has 0 fully saturated rings. The highest BCUT2D eigenvalue weighted by Gasteiger charge is 2.21. The van der Waals surface area contributed by atoms with Gasteiger partial charge in [-0.15, -0.1) is 0 Å². The number of carbonyl (C=O) groups excluding carboxylic acids is 1. The summed E-state index contributed by atoms with van der Waals surface area (Å²) >= 11 is 0. The van der Waals surface area contributed by atoms with Crippen molar-refractivity contribution in [2.45, 2.75) is 13.8 Å². The van der Waals surface area contributed by atoms with Crippen LogP contribution in [0.15, 0.2) is 54.6 Å². The smallest absolute Gasteiger partial charge is 0.290 e. The SMILES string of the molecule is CCN(CC)c1ccc(N(C#N)C(=O)C(=N)c2ccccc2)cc1. The van der Waals surface area contributed by atoms with Gasteiger partial charge in [-0.1, -0.05) is 30.3 Å². The predicted octanol–water partition coefficient (Wildman–Crippen LogP) is 3.41. The molecule has 2 aromatic carbocycles. The van der Waals surface area contributed by atoms with E-state index >= 15 is 0 Å². The predicted molar refractivity (Wildman–Crippen MR) is 96.4 cm³/mol. The van der Waals surface area contributed by atoms with Crippen molar-refractivity contribution >= 4 is 23.0 Å². The van der Waals surface area contributed by atoms with Gasteiger partial charge in [-0.3, -0.25) is 10.2 Å². The van der Waals surface area contributed by atoms with Crippen LogP contribution in [0, 0.1) is 16.9 Å². The fourth-order valence-electron chi connectivity index (χ4n) is 2.46. The van der Waals surface area contributed by atoms with Gasteiger partial charge in [-0.25, -0.2) is 4.90 Å². The second-order valence-electron chi connectivity index (χ2n) is 5.17. The monoisotopic (exact) mass is 320 g/mol. The van der Waals surface area contributed by atoms with E-state index < -0.39 is 5.91 Å². The molecule has 0 spiro atoms. The standard InChI is InChI=1S/C19H20N4O/c1-3-22(4-2)16-10-12-17(13-11-16)23(14-20)19(24)18(21)15-8-6-5-7-9-15/h5-13,21H,3-4H2,1-2H3. The first kappa shape index (κ1) is 17.2. The van der Waals surface area contributed by atoms with E-state index in [0.717, 1.165) is 23.7 Å². The first-order valence-electron chi connectivity index (χ1n) is 7.85. The molecule has 0 aliphatic rings. The minimum atomic E-state index is -0.640. The molecule has 1 N–H and O–H groups in total. The highest BCUT2D eigenvalue weighted by molar-refractivity contribution is 6.48. The Morgan fingerprint density at radius 2 is 1.54 bits per heavy atom. The van der Waals surface area contributed by atoms with Gasteiger partial charge in [-0.2, -0.15) is 5.26 Å². The van der Waals surface area contributed by atoms with E-state index in [1.807, 2.05) is 24.4 Å². The number of carbonyl (C=O) groups is 1. The largest absolute Gasteiger partial charge is 0.372 e. The lowest BCUT2D eigenvalue weighted by molar-refractivity contribution is -0.111. The fourth-order valence-corrected chi connectivity index (χ4v) is 2.46. The third-order valence-electron chi connectivity index (χ3n) is 3.82. The van der Waals surface area contributed by atoms with Crippen LogP contribution in [0.4, 0.5) is 11.4 Å². The van der Waals surface area contributed by atoms with Crippen LogP contribution in [0.3, 0.4) is 0 Å². The van der Waals surface area contributed by atoms with Crippen molar-refractivity contribution in [2.24, 2.45) is 0 Å². The van der Waals surface area contributed by atoms with Crippen molar-refractivity contribution in [3.05, 3.63) is 60.2 Å². The number of benzene rings is 2. The number of nitrogens with one attached hydrogen (secondary N) is 1. The molecule has 0 saturated carbocycles. The van der Waals surface area contributed by atoms with Crippen molar-refractivity contribution in [1.29, 1.82) is 10.7 Å². The second-order valence-corrected chi connectivity index (χ2v) is 5.17. The van der Waals surface area contributed by atoms with Crippen molar-refractivity contribution in [1.82, 2.24) is 0 Å². The maximum atomic E-state index is 12.5. The zero-order chi connectivity index (χ0) is 17.5. The lowest BCUT2D eigenvalue weighted by Gasteiger charge is -2.22. The van der Waals surface area contributed by atoms with Gasteiger partial charge in [0.25, 0.3) is 5.91 Å². The van der Waals surface area contributed by atoms with Crippen LogP contribution >= 0.6 is 0 Å². The Morgan fingerprint density at radius 1 is 1.00 bits per heavy atom. The Morgan fingerprint density at radius 3 is 2.04 bits per heavy atom. The molecule has 5 nitrogen and oxygen atoms in total. The second kappa shape index (κ2) is 7.93. The normalized spacial score (nSPS) is 9.88.